The molecule has 2 bridgehead atoms. The van der Waals surface area contributed by atoms with Crippen molar-refractivity contribution >= 4 is 5.91 Å². The Morgan fingerprint density at radius 1 is 1.17 bits per heavy atom. The van der Waals surface area contributed by atoms with E-state index < -0.39 is 0 Å². The summed E-state index contributed by atoms with van der Waals surface area (Å²) in [6.07, 6.45) is 8.04. The number of hydrogen-bond acceptors (Lipinski definition) is 3. The smallest absolute Gasteiger partial charge is 0.261 e. The van der Waals surface area contributed by atoms with Crippen molar-refractivity contribution in [1.29, 1.82) is 0 Å². The largest absolute Gasteiger partial charge is 0.484 e. The van der Waals surface area contributed by atoms with Crippen molar-refractivity contribution in [2.75, 3.05) is 6.61 Å². The molecule has 0 N–H and O–H groups in total. The molecule has 2 aliphatic heterocycles. The van der Waals surface area contributed by atoms with Gasteiger partial charge in [-0.1, -0.05) is 18.2 Å². The molecule has 1 aromatic carbocycles. The van der Waals surface area contributed by atoms with Gasteiger partial charge in [0.25, 0.3) is 5.91 Å². The molecule has 1 amide bonds. The van der Waals surface area contributed by atoms with E-state index in [1.54, 1.807) is 0 Å². The van der Waals surface area contributed by atoms with Gasteiger partial charge in [-0.15, -0.1) is 0 Å². The van der Waals surface area contributed by atoms with E-state index in [0.29, 0.717) is 18.1 Å². The molecule has 2 saturated heterocycles. The molecular weight excluding hydrogens is 302 g/mol. The number of amides is 1. The Balaban J connectivity index is 1.40. The van der Waals surface area contributed by atoms with Crippen LogP contribution in [0.5, 0.6) is 5.75 Å². The third-order valence-electron chi connectivity index (χ3n) is 5.34. The summed E-state index contributed by atoms with van der Waals surface area (Å²) in [6.45, 7) is 2.13. The minimum absolute atomic E-state index is 0.115. The maximum Gasteiger partial charge on any atom is 0.261 e. The van der Waals surface area contributed by atoms with E-state index in [1.165, 1.54) is 0 Å². The van der Waals surface area contributed by atoms with Crippen molar-refractivity contribution < 1.29 is 9.53 Å². The average Bonchev–Trinajstić information content (AvgIpc) is 3.21. The summed E-state index contributed by atoms with van der Waals surface area (Å²) in [6, 6.07) is 10.9. The maximum atomic E-state index is 12.7. The fourth-order valence-corrected chi connectivity index (χ4v) is 4.20. The number of piperidine rings is 1. The van der Waals surface area contributed by atoms with Gasteiger partial charge in [-0.05, 0) is 50.3 Å². The lowest BCUT2D eigenvalue weighted by molar-refractivity contribution is -0.138. The van der Waals surface area contributed by atoms with E-state index in [2.05, 4.69) is 14.7 Å². The lowest BCUT2D eigenvalue weighted by atomic mass is 9.97. The second kappa shape index (κ2) is 6.30. The van der Waals surface area contributed by atoms with Crippen molar-refractivity contribution in [1.82, 2.24) is 14.7 Å². The molecule has 2 atom stereocenters. The standard InChI is InChI=1S/C19H23N3O2/c1-14-5-2-3-6-18(14)24-13-19(23)22-15-7-8-16(22)12-17(11-15)21-10-4-9-20-21/h2-6,9-10,15-17H,7-8,11-13H2,1H3. The van der Waals surface area contributed by atoms with E-state index in [4.69, 9.17) is 4.74 Å². The molecule has 4 rings (SSSR count). The number of rotatable bonds is 4. The molecule has 1 aromatic heterocycles. The van der Waals surface area contributed by atoms with Crippen LogP contribution in [-0.4, -0.2) is 39.3 Å². The summed E-state index contributed by atoms with van der Waals surface area (Å²) < 4.78 is 7.82. The van der Waals surface area contributed by atoms with Gasteiger partial charge >= 0.3 is 0 Å². The third kappa shape index (κ3) is 2.79. The summed E-state index contributed by atoms with van der Waals surface area (Å²) in [7, 11) is 0. The Morgan fingerprint density at radius 3 is 2.58 bits per heavy atom. The fraction of sp³-hybridized carbons (Fsp3) is 0.474. The lowest BCUT2D eigenvalue weighted by Gasteiger charge is -2.39. The van der Waals surface area contributed by atoms with E-state index in [1.807, 2.05) is 49.6 Å². The molecule has 0 spiro atoms. The van der Waals surface area contributed by atoms with Crippen LogP contribution in [0.4, 0.5) is 0 Å². The Labute approximate surface area is 142 Å². The number of fused-ring (bicyclic) bond motifs is 2. The molecular formula is C19H23N3O2. The van der Waals surface area contributed by atoms with E-state index in [0.717, 1.165) is 37.0 Å². The number of aryl methyl sites for hydroxylation is 1. The van der Waals surface area contributed by atoms with Crippen molar-refractivity contribution in [2.45, 2.75) is 50.7 Å². The molecule has 24 heavy (non-hydrogen) atoms. The minimum Gasteiger partial charge on any atom is -0.484 e. The Hall–Kier alpha value is -2.30. The number of ether oxygens (including phenoxy) is 1. The monoisotopic (exact) mass is 325 g/mol. The highest BCUT2D eigenvalue weighted by Gasteiger charge is 2.43. The second-order valence-corrected chi connectivity index (χ2v) is 6.85. The molecule has 0 radical (unpaired) electrons. The van der Waals surface area contributed by atoms with Crippen molar-refractivity contribution in [3.63, 3.8) is 0 Å². The number of carbonyl (C=O) groups is 1. The predicted molar refractivity (Wildman–Crippen MR) is 90.8 cm³/mol. The Kier molecular flexibility index (Phi) is 4.00. The Bertz CT molecular complexity index is 699. The van der Waals surface area contributed by atoms with Crippen LogP contribution in [-0.2, 0) is 4.79 Å². The molecule has 0 saturated carbocycles. The molecule has 5 nitrogen and oxygen atoms in total. The maximum absolute atomic E-state index is 12.7. The van der Waals surface area contributed by atoms with Crippen molar-refractivity contribution in [3.8, 4) is 5.75 Å². The fourth-order valence-electron chi connectivity index (χ4n) is 4.20. The van der Waals surface area contributed by atoms with Crippen LogP contribution in [0.15, 0.2) is 42.7 Å². The first-order chi connectivity index (χ1) is 11.7. The van der Waals surface area contributed by atoms with Gasteiger partial charge in [0.2, 0.25) is 0 Å². The van der Waals surface area contributed by atoms with Gasteiger partial charge in [0.05, 0.1) is 6.04 Å². The molecule has 0 aliphatic carbocycles. The zero-order valence-electron chi connectivity index (χ0n) is 14.0. The summed E-state index contributed by atoms with van der Waals surface area (Å²) in [5.74, 6) is 0.911. The number of hydrogen-bond donors (Lipinski definition) is 0. The van der Waals surface area contributed by atoms with E-state index in [-0.39, 0.29) is 12.5 Å². The zero-order chi connectivity index (χ0) is 16.5. The number of nitrogens with zero attached hydrogens (tertiary/aromatic N) is 3. The predicted octanol–water partition coefficient (Wildman–Crippen LogP) is 2.97. The van der Waals surface area contributed by atoms with Crippen LogP contribution in [0.25, 0.3) is 0 Å². The van der Waals surface area contributed by atoms with Gasteiger partial charge in [-0.3, -0.25) is 9.48 Å². The van der Waals surface area contributed by atoms with Gasteiger partial charge in [-0.25, -0.2) is 0 Å². The summed E-state index contributed by atoms with van der Waals surface area (Å²) >= 11 is 0. The van der Waals surface area contributed by atoms with Gasteiger partial charge in [0.1, 0.15) is 5.75 Å². The summed E-state index contributed by atoms with van der Waals surface area (Å²) in [4.78, 5) is 14.8. The average molecular weight is 325 g/mol. The van der Waals surface area contributed by atoms with E-state index >= 15 is 0 Å². The molecule has 2 aliphatic rings. The number of aromatic nitrogens is 2. The molecule has 2 aromatic rings. The quantitative estimate of drug-likeness (QED) is 0.868. The first kappa shape index (κ1) is 15.2. The number of benzene rings is 1. The summed E-state index contributed by atoms with van der Waals surface area (Å²) in [5.41, 5.74) is 1.06. The van der Waals surface area contributed by atoms with Crippen LogP contribution in [0.3, 0.4) is 0 Å². The SMILES string of the molecule is Cc1ccccc1OCC(=O)N1C2CCC1CC(n1cccn1)C2. The van der Waals surface area contributed by atoms with E-state index in [9.17, 15) is 4.79 Å². The molecule has 126 valence electrons. The van der Waals surface area contributed by atoms with Gasteiger partial charge in [0, 0.05) is 24.5 Å². The molecule has 3 heterocycles. The van der Waals surface area contributed by atoms with Crippen molar-refractivity contribution in [3.05, 3.63) is 48.3 Å². The van der Waals surface area contributed by atoms with Crippen LogP contribution >= 0.6 is 0 Å². The number of para-hydroxylation sites is 1. The topological polar surface area (TPSA) is 47.4 Å². The highest BCUT2D eigenvalue weighted by atomic mass is 16.5. The first-order valence-electron chi connectivity index (χ1n) is 8.71. The van der Waals surface area contributed by atoms with Crippen LogP contribution in [0.1, 0.15) is 37.3 Å². The second-order valence-electron chi connectivity index (χ2n) is 6.85. The highest BCUT2D eigenvalue weighted by molar-refractivity contribution is 5.79. The van der Waals surface area contributed by atoms with Crippen molar-refractivity contribution in [2.24, 2.45) is 0 Å². The lowest BCUT2D eigenvalue weighted by Crippen LogP contribution is -2.48. The van der Waals surface area contributed by atoms with Gasteiger partial charge in [-0.2, -0.15) is 5.10 Å². The van der Waals surface area contributed by atoms with Crippen LogP contribution in [0, 0.1) is 6.92 Å². The highest BCUT2D eigenvalue weighted by Crippen LogP contribution is 2.40. The normalized spacial score (nSPS) is 25.7. The van der Waals surface area contributed by atoms with Crippen LogP contribution < -0.4 is 4.74 Å². The third-order valence-corrected chi connectivity index (χ3v) is 5.34. The molecule has 5 heteroatoms. The zero-order valence-corrected chi connectivity index (χ0v) is 14.0. The molecule has 2 fully saturated rings. The minimum atomic E-state index is 0.115. The van der Waals surface area contributed by atoms with Crippen LogP contribution in [0.2, 0.25) is 0 Å². The van der Waals surface area contributed by atoms with Gasteiger partial charge in [0.15, 0.2) is 6.61 Å². The van der Waals surface area contributed by atoms with Gasteiger partial charge < -0.3 is 9.64 Å². The number of carbonyl (C=O) groups excluding carboxylic acids is 1. The Morgan fingerprint density at radius 2 is 1.92 bits per heavy atom. The molecule has 2 unspecified atom stereocenters. The first-order valence-corrected chi connectivity index (χ1v) is 8.71. The summed E-state index contributed by atoms with van der Waals surface area (Å²) in [5, 5.41) is 4.38.